The molecule has 0 spiro atoms. The van der Waals surface area contributed by atoms with Crippen molar-refractivity contribution in [2.75, 3.05) is 21.1 Å². The van der Waals surface area contributed by atoms with Crippen LogP contribution >= 0.6 is 0 Å². The van der Waals surface area contributed by atoms with Crippen LogP contribution in [0.3, 0.4) is 0 Å². The van der Waals surface area contributed by atoms with Gasteiger partial charge in [-0.25, -0.2) is 30.3 Å². The molecule has 6 unspecified atom stereocenters. The number of hydrogen-bond acceptors (Lipinski definition) is 9. The van der Waals surface area contributed by atoms with Gasteiger partial charge in [-0.15, -0.1) is 0 Å². The van der Waals surface area contributed by atoms with Gasteiger partial charge in [0.1, 0.15) is 12.3 Å². The summed E-state index contributed by atoms with van der Waals surface area (Å²) in [6, 6.07) is 0. The molecule has 15 heteroatoms. The molecular weight excluding hydrogens is 330 g/mol. The summed E-state index contributed by atoms with van der Waals surface area (Å²) in [6.45, 7) is 0. The first-order chi connectivity index (χ1) is 11.2. The highest BCUT2D eigenvalue weighted by molar-refractivity contribution is 5.11. The molecule has 5 fully saturated rings. The predicted octanol–water partition coefficient (Wildman–Crippen LogP) is -2.73. The van der Waals surface area contributed by atoms with Gasteiger partial charge in [0, 0.05) is 0 Å². The van der Waals surface area contributed by atoms with E-state index in [1.165, 1.54) is 0 Å². The monoisotopic (exact) mass is 345 g/mol. The van der Waals surface area contributed by atoms with E-state index in [2.05, 4.69) is 0 Å². The molecule has 0 aromatic heterocycles. The van der Waals surface area contributed by atoms with Crippen molar-refractivity contribution in [3.63, 3.8) is 0 Å². The SMILES string of the molecule is CN1C2C3N([N+](=O)[O-])C(C4N(C)C1C(N4[N+](=O)[O-])N3[N+](=O)[O-])N2C. The van der Waals surface area contributed by atoms with Crippen molar-refractivity contribution in [3.8, 4) is 0 Å². The number of hydrazine groups is 3. The van der Waals surface area contributed by atoms with Gasteiger partial charge in [0.05, 0.1) is 0 Å². The first-order valence-electron chi connectivity index (χ1n) is 7.14. The normalized spacial score (nSPS) is 41.4. The lowest BCUT2D eigenvalue weighted by atomic mass is 10.1. The molecule has 6 atom stereocenters. The maximum Gasteiger partial charge on any atom is 0.251 e. The number of likely N-dealkylation sites (N-methyl/N-ethyl adjacent to an activating group) is 3. The van der Waals surface area contributed by atoms with Crippen molar-refractivity contribution < 1.29 is 15.1 Å². The van der Waals surface area contributed by atoms with Crippen molar-refractivity contribution in [2.45, 2.75) is 37.0 Å². The van der Waals surface area contributed by atoms with Crippen LogP contribution in [0.5, 0.6) is 0 Å². The van der Waals surface area contributed by atoms with E-state index in [1.807, 2.05) is 0 Å². The van der Waals surface area contributed by atoms with Crippen molar-refractivity contribution in [1.29, 1.82) is 0 Å². The van der Waals surface area contributed by atoms with Crippen molar-refractivity contribution in [3.05, 3.63) is 30.3 Å². The highest BCUT2D eigenvalue weighted by Crippen LogP contribution is 2.49. The summed E-state index contributed by atoms with van der Waals surface area (Å²) in [5, 5.41) is 35.0. The number of piperazine rings is 1. The molecule has 0 saturated carbocycles. The van der Waals surface area contributed by atoms with Crippen LogP contribution in [0.25, 0.3) is 0 Å². The van der Waals surface area contributed by atoms with E-state index >= 15 is 0 Å². The topological polar surface area (TPSA) is 149 Å². The second-order valence-corrected chi connectivity index (χ2v) is 6.33. The number of hydrogen-bond donors (Lipinski definition) is 0. The van der Waals surface area contributed by atoms with Gasteiger partial charge in [-0.05, 0) is 21.1 Å². The van der Waals surface area contributed by atoms with E-state index in [0.717, 1.165) is 10.0 Å². The second-order valence-electron chi connectivity index (χ2n) is 6.33. The smallest absolute Gasteiger partial charge is 0.251 e. The Morgan fingerprint density at radius 3 is 1.08 bits per heavy atom. The Hall–Kier alpha value is -2.52. The standard InChI is InChI=1S/C9H15N9O6/c1-10-4-8-13(16(19)20)6(11(4)2)7-12(3)5(10)9(14(7)17(21)22)15(8)18(23)24/h4-9H,1-3H3. The van der Waals surface area contributed by atoms with E-state index in [0.29, 0.717) is 5.01 Å². The minimum atomic E-state index is -1.22. The zero-order chi connectivity index (χ0) is 17.7. The molecule has 0 aromatic rings. The van der Waals surface area contributed by atoms with Gasteiger partial charge in [0.25, 0.3) is 12.3 Å². The molecule has 0 amide bonds. The van der Waals surface area contributed by atoms with Gasteiger partial charge in [-0.1, -0.05) is 15.0 Å². The Bertz CT molecular complexity index is 601. The average molecular weight is 345 g/mol. The molecule has 5 saturated heterocycles. The molecule has 5 aliphatic heterocycles. The summed E-state index contributed by atoms with van der Waals surface area (Å²) in [5.74, 6) is 0. The quantitative estimate of drug-likeness (QED) is 0.386. The molecule has 0 aromatic carbocycles. The Labute approximate surface area is 134 Å². The van der Waals surface area contributed by atoms with E-state index in [-0.39, 0.29) is 0 Å². The molecule has 5 rings (SSSR count). The van der Waals surface area contributed by atoms with E-state index in [9.17, 15) is 30.3 Å². The molecule has 15 nitrogen and oxygen atoms in total. The molecule has 0 N–H and O–H groups in total. The summed E-state index contributed by atoms with van der Waals surface area (Å²) in [7, 11) is 4.85. The molecule has 6 bridgehead atoms. The van der Waals surface area contributed by atoms with Gasteiger partial charge in [-0.2, -0.15) is 0 Å². The fourth-order valence-corrected chi connectivity index (χ4v) is 4.79. The Kier molecular flexibility index (Phi) is 2.70. The van der Waals surface area contributed by atoms with Gasteiger partial charge in [0.2, 0.25) is 0 Å². The molecule has 5 aliphatic rings. The lowest BCUT2D eigenvalue weighted by molar-refractivity contribution is -0.753. The highest BCUT2D eigenvalue weighted by Gasteiger charge is 2.79. The number of nitro groups is 3. The lowest BCUT2D eigenvalue weighted by Gasteiger charge is -2.46. The fraction of sp³-hybridized carbons (Fsp3) is 1.00. The number of nitrogens with zero attached hydrogens (tertiary/aromatic N) is 9. The third-order valence-corrected chi connectivity index (χ3v) is 5.50. The predicted molar refractivity (Wildman–Crippen MR) is 72.5 cm³/mol. The molecule has 5 heterocycles. The summed E-state index contributed by atoms with van der Waals surface area (Å²) >= 11 is 0. The summed E-state index contributed by atoms with van der Waals surface area (Å²) in [4.78, 5) is 39.9. The Morgan fingerprint density at radius 2 is 0.792 bits per heavy atom. The van der Waals surface area contributed by atoms with Gasteiger partial charge >= 0.3 is 0 Å². The zero-order valence-corrected chi connectivity index (χ0v) is 12.9. The highest BCUT2D eigenvalue weighted by atomic mass is 16.7. The average Bonchev–Trinajstić information content (AvgIpc) is 2.85. The Morgan fingerprint density at radius 1 is 0.542 bits per heavy atom. The van der Waals surface area contributed by atoms with Crippen LogP contribution in [-0.4, -0.2) is 103 Å². The summed E-state index contributed by atoms with van der Waals surface area (Å²) < 4.78 is 0. The van der Waals surface area contributed by atoms with Gasteiger partial charge in [0.15, 0.2) is 27.4 Å². The summed E-state index contributed by atoms with van der Waals surface area (Å²) in [5.41, 5.74) is 0. The fourth-order valence-electron chi connectivity index (χ4n) is 4.79. The largest absolute Gasteiger partial charge is 0.267 e. The van der Waals surface area contributed by atoms with Gasteiger partial charge in [-0.3, -0.25) is 14.7 Å². The third kappa shape index (κ3) is 1.38. The zero-order valence-electron chi connectivity index (χ0n) is 12.9. The Balaban J connectivity index is 2.00. The van der Waals surface area contributed by atoms with Crippen LogP contribution in [0.1, 0.15) is 0 Å². The van der Waals surface area contributed by atoms with Crippen LogP contribution in [0.2, 0.25) is 0 Å². The molecule has 0 radical (unpaired) electrons. The van der Waals surface area contributed by atoms with Crippen molar-refractivity contribution in [2.24, 2.45) is 0 Å². The van der Waals surface area contributed by atoms with Crippen LogP contribution in [-0.2, 0) is 0 Å². The molecular formula is C9H15N9O6. The molecule has 132 valence electrons. The van der Waals surface area contributed by atoms with Crippen molar-refractivity contribution in [1.82, 2.24) is 29.7 Å². The second kappa shape index (κ2) is 4.31. The summed E-state index contributed by atoms with van der Waals surface area (Å²) in [6.07, 6.45) is -5.70. The van der Waals surface area contributed by atoms with Crippen LogP contribution in [0, 0.1) is 30.3 Å². The maximum atomic E-state index is 11.7. The van der Waals surface area contributed by atoms with Crippen LogP contribution < -0.4 is 0 Å². The van der Waals surface area contributed by atoms with E-state index < -0.39 is 52.1 Å². The lowest BCUT2D eigenvalue weighted by Crippen LogP contribution is -2.74. The third-order valence-electron chi connectivity index (χ3n) is 5.50. The maximum absolute atomic E-state index is 11.7. The minimum Gasteiger partial charge on any atom is -0.267 e. The van der Waals surface area contributed by atoms with E-state index in [4.69, 9.17) is 0 Å². The first kappa shape index (κ1) is 15.0. The van der Waals surface area contributed by atoms with Crippen molar-refractivity contribution >= 4 is 0 Å². The molecule has 0 aliphatic carbocycles. The first-order valence-corrected chi connectivity index (χ1v) is 7.14. The van der Waals surface area contributed by atoms with Crippen LogP contribution in [0.15, 0.2) is 0 Å². The minimum absolute atomic E-state index is 0.631. The van der Waals surface area contributed by atoms with E-state index in [1.54, 1.807) is 35.8 Å². The molecule has 24 heavy (non-hydrogen) atoms. The van der Waals surface area contributed by atoms with Crippen LogP contribution in [0.4, 0.5) is 0 Å². The number of rotatable bonds is 3. The van der Waals surface area contributed by atoms with Gasteiger partial charge < -0.3 is 0 Å².